The van der Waals surface area contributed by atoms with E-state index < -0.39 is 6.10 Å². The van der Waals surface area contributed by atoms with Crippen LogP contribution >= 0.6 is 23.2 Å². The Morgan fingerprint density at radius 3 is 2.53 bits per heavy atom. The number of rotatable bonds is 8. The highest BCUT2D eigenvalue weighted by atomic mass is 35.5. The largest absolute Gasteiger partial charge is 0.494 e. The molecule has 2 fully saturated rings. The molecule has 1 amide bonds. The molecule has 2 bridgehead atoms. The van der Waals surface area contributed by atoms with Crippen molar-refractivity contribution < 1.29 is 19.4 Å². The first-order valence-electron chi connectivity index (χ1n) is 12.3. The summed E-state index contributed by atoms with van der Waals surface area (Å²) in [4.78, 5) is 13.5. The van der Waals surface area contributed by atoms with Gasteiger partial charge in [0.25, 0.3) is 5.91 Å². The summed E-state index contributed by atoms with van der Waals surface area (Å²) < 4.78 is 13.2. The average Bonchev–Trinajstić information content (AvgIpc) is 3.55. The van der Waals surface area contributed by atoms with Crippen molar-refractivity contribution in [1.82, 2.24) is 15.1 Å². The number of benzene rings is 2. The summed E-state index contributed by atoms with van der Waals surface area (Å²) in [5.41, 5.74) is 0.873. The van der Waals surface area contributed by atoms with Crippen LogP contribution < -0.4 is 14.8 Å². The number of ether oxygens (including phenoxy) is 2. The Kier molecular flexibility index (Phi) is 7.15. The number of halogens is 2. The van der Waals surface area contributed by atoms with Gasteiger partial charge in [0.05, 0.1) is 29.0 Å². The minimum Gasteiger partial charge on any atom is -0.494 e. The van der Waals surface area contributed by atoms with Gasteiger partial charge in [-0.15, -0.1) is 0 Å². The van der Waals surface area contributed by atoms with Gasteiger partial charge in [-0.3, -0.25) is 4.79 Å². The monoisotopic (exact) mass is 529 g/mol. The van der Waals surface area contributed by atoms with Crippen LogP contribution in [-0.4, -0.2) is 33.4 Å². The zero-order chi connectivity index (χ0) is 25.4. The summed E-state index contributed by atoms with van der Waals surface area (Å²) in [6.45, 7) is 4.05. The summed E-state index contributed by atoms with van der Waals surface area (Å²) in [5, 5.41) is 19.4. The van der Waals surface area contributed by atoms with Gasteiger partial charge in [0, 0.05) is 11.1 Å². The van der Waals surface area contributed by atoms with Crippen LogP contribution in [0.1, 0.15) is 61.7 Å². The number of hydrogen-bond donors (Lipinski definition) is 2. The number of carbonyl (C=O) groups is 1. The maximum absolute atomic E-state index is 13.5. The SMILES string of the molecule is CCOc1ccc(Oc2c(C(C)O)c(C(=O)NC3CC4CCC3C4)nn2-c2ccc(Cl)cc2Cl)cc1. The van der Waals surface area contributed by atoms with Gasteiger partial charge in [-0.1, -0.05) is 29.6 Å². The van der Waals surface area contributed by atoms with Gasteiger partial charge in [0.1, 0.15) is 11.5 Å². The maximum atomic E-state index is 13.5. The van der Waals surface area contributed by atoms with Crippen molar-refractivity contribution in [3.63, 3.8) is 0 Å². The lowest BCUT2D eigenvalue weighted by Crippen LogP contribution is -2.39. The second-order valence-electron chi connectivity index (χ2n) is 9.51. The van der Waals surface area contributed by atoms with Crippen LogP contribution in [0.15, 0.2) is 42.5 Å². The molecule has 0 aliphatic heterocycles. The van der Waals surface area contributed by atoms with Crippen molar-refractivity contribution >= 4 is 29.1 Å². The van der Waals surface area contributed by atoms with Crippen molar-refractivity contribution in [1.29, 1.82) is 0 Å². The Morgan fingerprint density at radius 1 is 1.17 bits per heavy atom. The van der Waals surface area contributed by atoms with Crippen molar-refractivity contribution in [2.24, 2.45) is 11.8 Å². The van der Waals surface area contributed by atoms with Crippen LogP contribution in [0, 0.1) is 11.8 Å². The fraction of sp³-hybridized carbons (Fsp3) is 0.407. The topological polar surface area (TPSA) is 85.6 Å². The summed E-state index contributed by atoms with van der Waals surface area (Å²) in [5.74, 6) is 2.26. The predicted molar refractivity (Wildman–Crippen MR) is 139 cm³/mol. The Labute approximate surface area is 220 Å². The first-order valence-corrected chi connectivity index (χ1v) is 13.1. The third-order valence-corrected chi connectivity index (χ3v) is 7.59. The molecule has 2 saturated carbocycles. The van der Waals surface area contributed by atoms with Crippen LogP contribution in [0.3, 0.4) is 0 Å². The standard InChI is InChI=1S/C27H29Cl2N3O4/c1-3-35-19-7-9-20(10-8-19)36-27-24(15(2)33)25(26(34)30-22-13-16-4-5-17(22)12-16)31-32(27)23-11-6-18(28)14-21(23)29/h6-11,14-17,22,33H,3-5,12-13H2,1-2H3,(H,30,34). The number of aromatic nitrogens is 2. The first kappa shape index (κ1) is 24.9. The molecule has 3 aromatic rings. The Bertz CT molecular complexity index is 1260. The van der Waals surface area contributed by atoms with E-state index in [1.54, 1.807) is 49.4 Å². The Balaban J connectivity index is 1.55. The first-order chi connectivity index (χ1) is 17.3. The molecule has 0 spiro atoms. The van der Waals surface area contributed by atoms with E-state index >= 15 is 0 Å². The van der Waals surface area contributed by atoms with Crippen molar-refractivity contribution in [2.45, 2.75) is 51.7 Å². The molecule has 2 aromatic carbocycles. The van der Waals surface area contributed by atoms with Gasteiger partial charge in [0.2, 0.25) is 5.88 Å². The molecule has 9 heteroatoms. The number of aliphatic hydroxyl groups excluding tert-OH is 1. The summed E-state index contributed by atoms with van der Waals surface area (Å²) in [7, 11) is 0. The summed E-state index contributed by atoms with van der Waals surface area (Å²) in [6.07, 6.45) is 3.50. The zero-order valence-electron chi connectivity index (χ0n) is 20.2. The lowest BCUT2D eigenvalue weighted by molar-refractivity contribution is 0.0910. The molecule has 1 heterocycles. The fourth-order valence-electron chi connectivity index (χ4n) is 5.41. The number of aliphatic hydroxyl groups is 1. The molecular weight excluding hydrogens is 501 g/mol. The highest BCUT2D eigenvalue weighted by Gasteiger charge is 2.41. The number of carbonyl (C=O) groups excluding carboxylic acids is 1. The van der Waals surface area contributed by atoms with Gasteiger partial charge in [-0.25, -0.2) is 0 Å². The quantitative estimate of drug-likeness (QED) is 0.355. The van der Waals surface area contributed by atoms with E-state index in [1.165, 1.54) is 11.1 Å². The van der Waals surface area contributed by atoms with Crippen LogP contribution in [0.2, 0.25) is 10.0 Å². The lowest BCUT2D eigenvalue weighted by Gasteiger charge is -2.22. The van der Waals surface area contributed by atoms with Crippen molar-refractivity contribution in [3.8, 4) is 23.1 Å². The molecule has 2 aliphatic carbocycles. The van der Waals surface area contributed by atoms with Crippen molar-refractivity contribution in [3.05, 3.63) is 63.8 Å². The van der Waals surface area contributed by atoms with E-state index in [2.05, 4.69) is 10.4 Å². The van der Waals surface area contributed by atoms with E-state index in [1.807, 2.05) is 6.92 Å². The number of nitrogens with zero attached hydrogens (tertiary/aromatic N) is 2. The Morgan fingerprint density at radius 2 is 1.92 bits per heavy atom. The van der Waals surface area contributed by atoms with Crippen LogP contribution in [0.25, 0.3) is 5.69 Å². The second kappa shape index (κ2) is 10.3. The molecule has 5 rings (SSSR count). The third-order valence-electron chi connectivity index (χ3n) is 7.05. The minimum absolute atomic E-state index is 0.111. The van der Waals surface area contributed by atoms with Gasteiger partial charge in [-0.2, -0.15) is 9.78 Å². The molecule has 2 N–H and O–H groups in total. The number of nitrogens with one attached hydrogen (secondary N) is 1. The summed E-state index contributed by atoms with van der Waals surface area (Å²) in [6, 6.07) is 12.2. The lowest BCUT2D eigenvalue weighted by atomic mass is 9.95. The van der Waals surface area contributed by atoms with Gasteiger partial charge < -0.3 is 19.9 Å². The molecule has 2 aliphatic rings. The number of fused-ring (bicyclic) bond motifs is 2. The van der Waals surface area contributed by atoms with Crippen LogP contribution in [0.5, 0.6) is 17.4 Å². The molecule has 0 radical (unpaired) electrons. The molecule has 1 aromatic heterocycles. The van der Waals surface area contributed by atoms with E-state index in [0.29, 0.717) is 45.7 Å². The third kappa shape index (κ3) is 4.92. The van der Waals surface area contributed by atoms with Gasteiger partial charge in [0.15, 0.2) is 5.69 Å². The van der Waals surface area contributed by atoms with E-state index in [0.717, 1.165) is 19.3 Å². The van der Waals surface area contributed by atoms with Gasteiger partial charge >= 0.3 is 0 Å². The van der Waals surface area contributed by atoms with Crippen LogP contribution in [0.4, 0.5) is 0 Å². The molecule has 36 heavy (non-hydrogen) atoms. The van der Waals surface area contributed by atoms with Gasteiger partial charge in [-0.05, 0) is 87.4 Å². The number of hydrogen-bond acceptors (Lipinski definition) is 5. The normalized spacial score (nSPS) is 21.4. The maximum Gasteiger partial charge on any atom is 0.272 e. The highest BCUT2D eigenvalue weighted by molar-refractivity contribution is 6.35. The minimum atomic E-state index is -1.02. The zero-order valence-corrected chi connectivity index (χ0v) is 21.7. The average molecular weight is 530 g/mol. The molecule has 7 nitrogen and oxygen atoms in total. The second-order valence-corrected chi connectivity index (χ2v) is 10.4. The highest BCUT2D eigenvalue weighted by Crippen LogP contribution is 2.45. The molecule has 190 valence electrons. The molecular formula is C27H29Cl2N3O4. The predicted octanol–water partition coefficient (Wildman–Crippen LogP) is 6.34. The van der Waals surface area contributed by atoms with Crippen molar-refractivity contribution in [2.75, 3.05) is 6.61 Å². The molecule has 4 atom stereocenters. The van der Waals surface area contributed by atoms with E-state index in [9.17, 15) is 9.90 Å². The summed E-state index contributed by atoms with van der Waals surface area (Å²) >= 11 is 12.6. The van der Waals surface area contributed by atoms with Crippen LogP contribution in [-0.2, 0) is 0 Å². The van der Waals surface area contributed by atoms with E-state index in [4.69, 9.17) is 32.7 Å². The molecule has 4 unspecified atom stereocenters. The smallest absolute Gasteiger partial charge is 0.272 e. The number of amides is 1. The Hall–Kier alpha value is -2.74. The van der Waals surface area contributed by atoms with E-state index in [-0.39, 0.29) is 29.1 Å². The molecule has 0 saturated heterocycles. The fourth-order valence-corrected chi connectivity index (χ4v) is 5.90.